The molecule has 3 atom stereocenters. The number of rotatable bonds is 5. The van der Waals surface area contributed by atoms with E-state index in [0.29, 0.717) is 18.1 Å². The molecule has 0 bridgehead atoms. The van der Waals surface area contributed by atoms with Gasteiger partial charge in [0.15, 0.2) is 6.29 Å². The first-order valence-corrected chi connectivity index (χ1v) is 11.5. The Bertz CT molecular complexity index is 1350. The second kappa shape index (κ2) is 9.06. The fourth-order valence-electron chi connectivity index (χ4n) is 4.45. The smallest absolute Gasteiger partial charge is 0.269 e. The minimum absolute atomic E-state index is 0.102. The summed E-state index contributed by atoms with van der Waals surface area (Å²) in [4.78, 5) is 36.2. The molecule has 3 aromatic rings. The van der Waals surface area contributed by atoms with Crippen molar-refractivity contribution in [2.24, 2.45) is 5.92 Å². The van der Waals surface area contributed by atoms with Crippen LogP contribution in [0.25, 0.3) is 0 Å². The second-order valence-corrected chi connectivity index (χ2v) is 9.00. The topological polar surface area (TPSA) is 146 Å². The first-order chi connectivity index (χ1) is 17.2. The van der Waals surface area contributed by atoms with Crippen molar-refractivity contribution in [2.75, 3.05) is 16.9 Å². The number of fused-ring (bicyclic) bond motifs is 1. The van der Waals surface area contributed by atoms with Crippen LogP contribution >= 0.6 is 0 Å². The van der Waals surface area contributed by atoms with Crippen molar-refractivity contribution >= 4 is 29.0 Å². The Morgan fingerprint density at radius 1 is 1.11 bits per heavy atom. The van der Waals surface area contributed by atoms with E-state index in [9.17, 15) is 19.7 Å². The molecule has 0 radical (unpaired) electrons. The number of carbonyl (C=O) groups excluding carboxylic acids is 2. The number of benzene rings is 2. The predicted octanol–water partition coefficient (Wildman–Crippen LogP) is 2.11. The van der Waals surface area contributed by atoms with Gasteiger partial charge in [-0.3, -0.25) is 30.0 Å². The fraction of sp³-hybridized carbons (Fsp3) is 0.292. The maximum absolute atomic E-state index is 13.0. The minimum Gasteiger partial charge on any atom is -0.321 e. The molecule has 2 fully saturated rings. The van der Waals surface area contributed by atoms with Crippen LogP contribution in [0.3, 0.4) is 0 Å². The first kappa shape index (κ1) is 23.5. The Kier molecular flexibility index (Phi) is 5.90. The molecule has 186 valence electrons. The van der Waals surface area contributed by atoms with Gasteiger partial charge in [0, 0.05) is 30.3 Å². The molecule has 36 heavy (non-hydrogen) atoms. The molecular weight excluding hydrogens is 464 g/mol. The van der Waals surface area contributed by atoms with Crippen molar-refractivity contribution in [2.45, 2.75) is 33.2 Å². The molecule has 0 aliphatic carbocycles. The zero-order valence-electron chi connectivity index (χ0n) is 20.0. The molecule has 2 saturated heterocycles. The van der Waals surface area contributed by atoms with Gasteiger partial charge < -0.3 is 10.6 Å². The van der Waals surface area contributed by atoms with Crippen LogP contribution in [0.1, 0.15) is 33.5 Å². The zero-order valence-corrected chi connectivity index (χ0v) is 20.0. The molecule has 1 aromatic heterocycles. The van der Waals surface area contributed by atoms with Gasteiger partial charge in [-0.2, -0.15) is 5.10 Å². The third kappa shape index (κ3) is 4.27. The van der Waals surface area contributed by atoms with Crippen LogP contribution in [0.5, 0.6) is 0 Å². The molecule has 5 rings (SSSR count). The van der Waals surface area contributed by atoms with Crippen molar-refractivity contribution in [3.8, 4) is 0 Å². The summed E-state index contributed by atoms with van der Waals surface area (Å²) in [6.07, 6.45) is -1.05. The maximum Gasteiger partial charge on any atom is 0.269 e. The molecule has 2 aromatic carbocycles. The Labute approximate surface area is 206 Å². The number of hydrazine groups is 1. The largest absolute Gasteiger partial charge is 0.321 e. The lowest BCUT2D eigenvalue weighted by molar-refractivity contribution is -0.384. The average Bonchev–Trinajstić information content (AvgIpc) is 3.44. The number of aryl methyl sites for hydroxylation is 3. The van der Waals surface area contributed by atoms with Gasteiger partial charge in [0.25, 0.3) is 11.6 Å². The van der Waals surface area contributed by atoms with Crippen LogP contribution in [-0.4, -0.2) is 39.2 Å². The van der Waals surface area contributed by atoms with Gasteiger partial charge >= 0.3 is 0 Å². The normalized spacial score (nSPS) is 21.1. The lowest BCUT2D eigenvalue weighted by atomic mass is 10.0. The molecule has 3 unspecified atom stereocenters. The van der Waals surface area contributed by atoms with Crippen LogP contribution < -0.4 is 26.4 Å². The molecule has 2 aliphatic heterocycles. The van der Waals surface area contributed by atoms with E-state index in [4.69, 9.17) is 0 Å². The van der Waals surface area contributed by atoms with Gasteiger partial charge in [-0.1, -0.05) is 6.07 Å². The first-order valence-electron chi connectivity index (χ1n) is 11.5. The molecule has 3 heterocycles. The van der Waals surface area contributed by atoms with Crippen LogP contribution in [0, 0.1) is 36.8 Å². The number of non-ortho nitro benzene ring substituents is 1. The van der Waals surface area contributed by atoms with Gasteiger partial charge in [-0.05, 0) is 56.2 Å². The number of carbonyl (C=O) groups is 2. The fourth-order valence-corrected chi connectivity index (χ4v) is 4.45. The van der Waals surface area contributed by atoms with Crippen LogP contribution in [0.15, 0.2) is 48.5 Å². The number of amides is 2. The van der Waals surface area contributed by atoms with E-state index in [2.05, 4.69) is 32.5 Å². The van der Waals surface area contributed by atoms with Crippen LogP contribution in [0.2, 0.25) is 0 Å². The number of nitrogens with zero attached hydrogens (tertiary/aromatic N) is 4. The molecular formula is C24H26N8O4. The lowest BCUT2D eigenvalue weighted by Crippen LogP contribution is -2.61. The van der Waals surface area contributed by atoms with Gasteiger partial charge in [-0.25, -0.2) is 10.1 Å². The van der Waals surface area contributed by atoms with Crippen molar-refractivity contribution in [3.05, 3.63) is 81.0 Å². The average molecular weight is 491 g/mol. The van der Waals surface area contributed by atoms with Gasteiger partial charge in [-0.15, -0.1) is 0 Å². The molecule has 2 amide bonds. The SMILES string of the molecule is Cc1cc(NC(=O)c2ccc([N+](=O)[O-])cc2)n(C2NC(=O)C3CNN(c4ccc(C)c(C)c4)C3N2)n1. The molecule has 12 heteroatoms. The molecule has 4 N–H and O–H groups in total. The summed E-state index contributed by atoms with van der Waals surface area (Å²) >= 11 is 0. The highest BCUT2D eigenvalue weighted by atomic mass is 16.6. The van der Waals surface area contributed by atoms with Crippen LogP contribution in [0.4, 0.5) is 17.2 Å². The third-order valence-corrected chi connectivity index (χ3v) is 6.54. The van der Waals surface area contributed by atoms with E-state index < -0.39 is 17.1 Å². The Morgan fingerprint density at radius 3 is 2.56 bits per heavy atom. The highest BCUT2D eigenvalue weighted by Crippen LogP contribution is 2.29. The predicted molar refractivity (Wildman–Crippen MR) is 132 cm³/mol. The summed E-state index contributed by atoms with van der Waals surface area (Å²) in [7, 11) is 0. The molecule has 2 aliphatic rings. The second-order valence-electron chi connectivity index (χ2n) is 9.00. The highest BCUT2D eigenvalue weighted by Gasteiger charge is 2.45. The number of nitro benzene ring substituents is 1. The van der Waals surface area contributed by atoms with Crippen molar-refractivity contribution in [1.82, 2.24) is 25.8 Å². The van der Waals surface area contributed by atoms with E-state index in [1.165, 1.54) is 34.5 Å². The lowest BCUT2D eigenvalue weighted by Gasteiger charge is -2.37. The Hall–Kier alpha value is -4.29. The molecule has 0 spiro atoms. The van der Waals surface area contributed by atoms with Crippen molar-refractivity contribution in [3.63, 3.8) is 0 Å². The van der Waals surface area contributed by atoms with E-state index >= 15 is 0 Å². The van der Waals surface area contributed by atoms with Gasteiger partial charge in [0.1, 0.15) is 12.0 Å². The van der Waals surface area contributed by atoms with Gasteiger partial charge in [0.2, 0.25) is 5.91 Å². The van der Waals surface area contributed by atoms with Crippen LogP contribution in [-0.2, 0) is 4.79 Å². The number of hydrogen-bond acceptors (Lipinski definition) is 8. The van der Waals surface area contributed by atoms with E-state index in [0.717, 1.165) is 11.3 Å². The summed E-state index contributed by atoms with van der Waals surface area (Å²) in [5.41, 5.74) is 7.38. The number of aromatic nitrogens is 2. The quantitative estimate of drug-likeness (QED) is 0.314. The summed E-state index contributed by atoms with van der Waals surface area (Å²) in [6.45, 7) is 6.35. The standard InChI is InChI=1S/C24H26N8O4/c1-13-4-7-18(10-14(13)2)30-21-19(12-25-30)23(34)28-24(27-21)31-20(11-15(3)29-31)26-22(33)16-5-8-17(9-6-16)32(35)36/h4-11,19,21,24-25,27H,12H2,1-3H3,(H,26,33)(H,28,34). The summed E-state index contributed by atoms with van der Waals surface area (Å²) in [6, 6.07) is 13.1. The zero-order chi connectivity index (χ0) is 25.6. The highest BCUT2D eigenvalue weighted by molar-refractivity contribution is 6.04. The van der Waals surface area contributed by atoms with E-state index in [1.807, 2.05) is 31.0 Å². The summed E-state index contributed by atoms with van der Waals surface area (Å²) in [5.74, 6) is -0.540. The summed E-state index contributed by atoms with van der Waals surface area (Å²) < 4.78 is 1.52. The van der Waals surface area contributed by atoms with Gasteiger partial charge in [0.05, 0.1) is 22.2 Å². The van der Waals surface area contributed by atoms with E-state index in [-0.39, 0.29) is 29.2 Å². The third-order valence-electron chi connectivity index (χ3n) is 6.54. The van der Waals surface area contributed by atoms with E-state index in [1.54, 1.807) is 13.0 Å². The Balaban J connectivity index is 1.38. The monoisotopic (exact) mass is 490 g/mol. The molecule has 0 saturated carbocycles. The van der Waals surface area contributed by atoms with Crippen molar-refractivity contribution in [1.29, 1.82) is 0 Å². The number of nitro groups is 1. The number of anilines is 2. The Morgan fingerprint density at radius 2 is 1.86 bits per heavy atom. The summed E-state index contributed by atoms with van der Waals surface area (Å²) in [5, 5.41) is 26.5. The number of nitrogens with one attached hydrogen (secondary N) is 4. The maximum atomic E-state index is 13.0. The molecule has 12 nitrogen and oxygen atoms in total. The minimum atomic E-state index is -0.714. The number of hydrogen-bond donors (Lipinski definition) is 4. The van der Waals surface area contributed by atoms with Crippen molar-refractivity contribution < 1.29 is 14.5 Å².